The van der Waals surface area contributed by atoms with E-state index < -0.39 is 0 Å². The third-order valence-corrected chi connectivity index (χ3v) is 3.82. The SMILES string of the molecule is CCNC(=O)CN1CCN(C(=O)c2csc(N)n2)CC1. The van der Waals surface area contributed by atoms with E-state index in [-0.39, 0.29) is 11.8 Å². The van der Waals surface area contributed by atoms with E-state index in [0.717, 1.165) is 0 Å². The van der Waals surface area contributed by atoms with Crippen LogP contribution in [0, 0.1) is 0 Å². The zero-order valence-corrected chi connectivity index (χ0v) is 12.3. The van der Waals surface area contributed by atoms with Gasteiger partial charge in [-0.2, -0.15) is 0 Å². The molecule has 0 radical (unpaired) electrons. The van der Waals surface area contributed by atoms with Crippen LogP contribution < -0.4 is 11.1 Å². The maximum Gasteiger partial charge on any atom is 0.273 e. The van der Waals surface area contributed by atoms with Crippen LogP contribution >= 0.6 is 11.3 Å². The highest BCUT2D eigenvalue weighted by Gasteiger charge is 2.24. The third kappa shape index (κ3) is 3.67. The van der Waals surface area contributed by atoms with Gasteiger partial charge in [0, 0.05) is 38.1 Å². The number of likely N-dealkylation sites (N-methyl/N-ethyl adjacent to an activating group) is 1. The summed E-state index contributed by atoms with van der Waals surface area (Å²) in [5, 5.41) is 4.86. The van der Waals surface area contributed by atoms with E-state index in [4.69, 9.17) is 5.73 Å². The van der Waals surface area contributed by atoms with Crippen LogP contribution in [0.2, 0.25) is 0 Å². The minimum atomic E-state index is -0.0874. The van der Waals surface area contributed by atoms with Crippen LogP contribution in [0.3, 0.4) is 0 Å². The number of nitrogens with two attached hydrogens (primary N) is 1. The van der Waals surface area contributed by atoms with Gasteiger partial charge in [0.1, 0.15) is 5.69 Å². The highest BCUT2D eigenvalue weighted by atomic mass is 32.1. The number of amides is 2. The molecule has 0 aromatic carbocycles. The highest BCUT2D eigenvalue weighted by Crippen LogP contribution is 2.14. The second kappa shape index (κ2) is 6.67. The van der Waals surface area contributed by atoms with E-state index >= 15 is 0 Å². The van der Waals surface area contributed by atoms with Gasteiger partial charge in [-0.05, 0) is 6.92 Å². The fourth-order valence-corrected chi connectivity index (χ4v) is 2.65. The number of nitrogen functional groups attached to an aromatic ring is 1. The molecule has 20 heavy (non-hydrogen) atoms. The van der Waals surface area contributed by atoms with Gasteiger partial charge in [-0.15, -0.1) is 11.3 Å². The van der Waals surface area contributed by atoms with E-state index in [1.165, 1.54) is 11.3 Å². The monoisotopic (exact) mass is 297 g/mol. The van der Waals surface area contributed by atoms with Crippen molar-refractivity contribution in [1.29, 1.82) is 0 Å². The smallest absolute Gasteiger partial charge is 0.273 e. The molecule has 7 nitrogen and oxygen atoms in total. The fraction of sp³-hybridized carbons (Fsp3) is 0.583. The minimum absolute atomic E-state index is 0.0274. The molecule has 0 aliphatic carbocycles. The Morgan fingerprint density at radius 1 is 1.40 bits per heavy atom. The number of carbonyl (C=O) groups excluding carboxylic acids is 2. The van der Waals surface area contributed by atoms with Crippen LogP contribution in [0.25, 0.3) is 0 Å². The summed E-state index contributed by atoms with van der Waals surface area (Å²) in [4.78, 5) is 31.5. The second-order valence-corrected chi connectivity index (χ2v) is 5.48. The maximum atomic E-state index is 12.2. The quantitative estimate of drug-likeness (QED) is 0.790. The molecule has 1 aromatic heterocycles. The molecule has 1 fully saturated rings. The van der Waals surface area contributed by atoms with Crippen molar-refractivity contribution in [1.82, 2.24) is 20.1 Å². The summed E-state index contributed by atoms with van der Waals surface area (Å²) in [6.45, 7) is 5.53. The van der Waals surface area contributed by atoms with E-state index in [1.807, 2.05) is 11.8 Å². The average molecular weight is 297 g/mol. The molecule has 2 heterocycles. The summed E-state index contributed by atoms with van der Waals surface area (Å²) in [6, 6.07) is 0. The number of anilines is 1. The van der Waals surface area contributed by atoms with Gasteiger partial charge < -0.3 is 16.0 Å². The van der Waals surface area contributed by atoms with Gasteiger partial charge in [0.2, 0.25) is 5.91 Å². The predicted molar refractivity (Wildman–Crippen MR) is 77.6 cm³/mol. The average Bonchev–Trinajstić information content (AvgIpc) is 2.86. The molecule has 2 rings (SSSR count). The zero-order chi connectivity index (χ0) is 14.5. The molecular weight excluding hydrogens is 278 g/mol. The predicted octanol–water partition coefficient (Wildman–Crippen LogP) is -0.381. The molecule has 110 valence electrons. The first-order chi connectivity index (χ1) is 9.60. The lowest BCUT2D eigenvalue weighted by Gasteiger charge is -2.33. The van der Waals surface area contributed by atoms with Crippen molar-refractivity contribution >= 4 is 28.3 Å². The molecule has 2 amide bonds. The first-order valence-electron chi connectivity index (χ1n) is 6.59. The van der Waals surface area contributed by atoms with Crippen LogP contribution in [0.1, 0.15) is 17.4 Å². The first kappa shape index (κ1) is 14.7. The number of nitrogens with one attached hydrogen (secondary N) is 1. The standard InChI is InChI=1S/C12H19N5O2S/c1-2-14-10(18)7-16-3-5-17(6-4-16)11(19)9-8-20-12(13)15-9/h8H,2-7H2,1H3,(H2,13,15)(H,14,18). The number of hydrogen-bond acceptors (Lipinski definition) is 6. The van der Waals surface area contributed by atoms with Gasteiger partial charge in [0.25, 0.3) is 5.91 Å². The summed E-state index contributed by atoms with van der Waals surface area (Å²) in [5.74, 6) is -0.0600. The van der Waals surface area contributed by atoms with Crippen LogP contribution in [-0.2, 0) is 4.79 Å². The molecule has 0 spiro atoms. The van der Waals surface area contributed by atoms with E-state index in [0.29, 0.717) is 50.1 Å². The Morgan fingerprint density at radius 3 is 2.65 bits per heavy atom. The third-order valence-electron chi connectivity index (χ3n) is 3.14. The van der Waals surface area contributed by atoms with Gasteiger partial charge in [0.05, 0.1) is 6.54 Å². The number of aromatic nitrogens is 1. The van der Waals surface area contributed by atoms with Crippen molar-refractivity contribution in [3.63, 3.8) is 0 Å². The molecule has 0 bridgehead atoms. The lowest BCUT2D eigenvalue weighted by Crippen LogP contribution is -2.51. The number of thiazole rings is 1. The molecule has 8 heteroatoms. The Bertz CT molecular complexity index is 482. The Kier molecular flexibility index (Phi) is 4.91. The van der Waals surface area contributed by atoms with Crippen molar-refractivity contribution in [3.05, 3.63) is 11.1 Å². The summed E-state index contributed by atoms with van der Waals surface area (Å²) in [6.07, 6.45) is 0. The number of piperazine rings is 1. The van der Waals surface area contributed by atoms with Crippen LogP contribution in [0.4, 0.5) is 5.13 Å². The molecule has 1 aliphatic rings. The summed E-state index contributed by atoms with van der Waals surface area (Å²) < 4.78 is 0. The fourth-order valence-electron chi connectivity index (χ4n) is 2.11. The second-order valence-electron chi connectivity index (χ2n) is 4.59. The number of rotatable bonds is 4. The van der Waals surface area contributed by atoms with Gasteiger partial charge >= 0.3 is 0 Å². The molecule has 1 aliphatic heterocycles. The molecule has 0 unspecified atom stereocenters. The van der Waals surface area contributed by atoms with E-state index in [2.05, 4.69) is 10.3 Å². The van der Waals surface area contributed by atoms with E-state index in [9.17, 15) is 9.59 Å². The number of carbonyl (C=O) groups is 2. The number of hydrogen-bond donors (Lipinski definition) is 2. The van der Waals surface area contributed by atoms with Crippen molar-refractivity contribution in [2.24, 2.45) is 0 Å². The Morgan fingerprint density at radius 2 is 2.10 bits per heavy atom. The van der Waals surface area contributed by atoms with Crippen LogP contribution in [0.5, 0.6) is 0 Å². The summed E-state index contributed by atoms with van der Waals surface area (Å²) in [5.41, 5.74) is 5.94. The normalized spacial score (nSPS) is 16.1. The van der Waals surface area contributed by atoms with Crippen molar-refractivity contribution < 1.29 is 9.59 Å². The van der Waals surface area contributed by atoms with Crippen LogP contribution in [0.15, 0.2) is 5.38 Å². The van der Waals surface area contributed by atoms with Gasteiger partial charge in [0.15, 0.2) is 5.13 Å². The van der Waals surface area contributed by atoms with E-state index in [1.54, 1.807) is 10.3 Å². The lowest BCUT2D eigenvalue weighted by molar-refractivity contribution is -0.122. The molecule has 0 saturated carbocycles. The van der Waals surface area contributed by atoms with Crippen molar-refractivity contribution in [3.8, 4) is 0 Å². The Labute approximate surface area is 121 Å². The van der Waals surface area contributed by atoms with Gasteiger partial charge in [-0.3, -0.25) is 14.5 Å². The molecule has 1 saturated heterocycles. The topological polar surface area (TPSA) is 91.6 Å². The Balaban J connectivity index is 1.82. The van der Waals surface area contributed by atoms with Crippen LogP contribution in [-0.4, -0.2) is 65.9 Å². The first-order valence-corrected chi connectivity index (χ1v) is 7.47. The summed E-state index contributed by atoms with van der Waals surface area (Å²) in [7, 11) is 0. The molecule has 1 aromatic rings. The van der Waals surface area contributed by atoms with Gasteiger partial charge in [-0.25, -0.2) is 4.98 Å². The lowest BCUT2D eigenvalue weighted by atomic mass is 10.3. The minimum Gasteiger partial charge on any atom is -0.375 e. The maximum absolute atomic E-state index is 12.2. The molecule has 0 atom stereocenters. The van der Waals surface area contributed by atoms with Gasteiger partial charge in [-0.1, -0.05) is 0 Å². The number of nitrogens with zero attached hydrogens (tertiary/aromatic N) is 3. The molecular formula is C12H19N5O2S. The zero-order valence-electron chi connectivity index (χ0n) is 11.5. The Hall–Kier alpha value is -1.67. The largest absolute Gasteiger partial charge is 0.375 e. The molecule has 3 N–H and O–H groups in total. The van der Waals surface area contributed by atoms with Crippen molar-refractivity contribution in [2.45, 2.75) is 6.92 Å². The van der Waals surface area contributed by atoms with Crippen molar-refractivity contribution in [2.75, 3.05) is 45.0 Å². The summed E-state index contributed by atoms with van der Waals surface area (Å²) >= 11 is 1.27. The highest BCUT2D eigenvalue weighted by molar-refractivity contribution is 7.13.